The van der Waals surface area contributed by atoms with Crippen molar-refractivity contribution in [3.63, 3.8) is 0 Å². The average molecular weight is 266 g/mol. The van der Waals surface area contributed by atoms with E-state index < -0.39 is 0 Å². The van der Waals surface area contributed by atoms with Crippen LogP contribution in [0.3, 0.4) is 0 Å². The molecule has 0 bridgehead atoms. The second kappa shape index (κ2) is 6.87. The van der Waals surface area contributed by atoms with Crippen LogP contribution in [0.15, 0.2) is 12.1 Å². The number of pyridine rings is 1. The maximum absolute atomic E-state index is 5.80. The third-order valence-corrected chi connectivity index (χ3v) is 2.74. The number of ether oxygens (including phenoxy) is 2. The van der Waals surface area contributed by atoms with E-state index in [4.69, 9.17) is 15.2 Å². The number of rotatable bonds is 6. The van der Waals surface area contributed by atoms with Crippen molar-refractivity contribution in [2.75, 3.05) is 13.2 Å². The monoisotopic (exact) mass is 266 g/mol. The molecule has 108 valence electrons. The van der Waals surface area contributed by atoms with Gasteiger partial charge in [-0.05, 0) is 25.5 Å². The fourth-order valence-electron chi connectivity index (χ4n) is 1.65. The molecule has 0 radical (unpaired) electrons. The summed E-state index contributed by atoms with van der Waals surface area (Å²) in [5, 5.41) is 0. The van der Waals surface area contributed by atoms with Crippen molar-refractivity contribution in [3.8, 4) is 5.88 Å². The van der Waals surface area contributed by atoms with Crippen molar-refractivity contribution in [2.24, 2.45) is 5.73 Å². The van der Waals surface area contributed by atoms with Gasteiger partial charge < -0.3 is 15.2 Å². The lowest BCUT2D eigenvalue weighted by Crippen LogP contribution is -2.21. The van der Waals surface area contributed by atoms with Crippen LogP contribution in [-0.2, 0) is 16.7 Å². The van der Waals surface area contributed by atoms with Crippen LogP contribution in [0.5, 0.6) is 5.88 Å². The molecule has 1 atom stereocenters. The third kappa shape index (κ3) is 5.17. The lowest BCUT2D eigenvalue weighted by molar-refractivity contribution is 0.0631. The Hall–Kier alpha value is -1.13. The van der Waals surface area contributed by atoms with E-state index in [1.807, 2.05) is 26.0 Å². The summed E-state index contributed by atoms with van der Waals surface area (Å²) in [5.74, 6) is 0.625. The van der Waals surface area contributed by atoms with E-state index in [1.165, 1.54) is 0 Å². The highest BCUT2D eigenvalue weighted by Gasteiger charge is 2.18. The second-order valence-electron chi connectivity index (χ2n) is 5.74. The first kappa shape index (κ1) is 15.9. The van der Waals surface area contributed by atoms with Gasteiger partial charge in [0.25, 0.3) is 0 Å². The molecule has 4 nitrogen and oxygen atoms in total. The van der Waals surface area contributed by atoms with Crippen molar-refractivity contribution in [2.45, 2.75) is 52.7 Å². The zero-order valence-electron chi connectivity index (χ0n) is 12.7. The normalized spacial score (nSPS) is 13.4. The Kier molecular flexibility index (Phi) is 5.76. The molecule has 4 heteroatoms. The fourth-order valence-corrected chi connectivity index (χ4v) is 1.65. The Labute approximate surface area is 116 Å². The van der Waals surface area contributed by atoms with E-state index in [9.17, 15) is 0 Å². The molecule has 1 aromatic rings. The molecule has 19 heavy (non-hydrogen) atoms. The van der Waals surface area contributed by atoms with Crippen molar-refractivity contribution in [3.05, 3.63) is 23.4 Å². The van der Waals surface area contributed by atoms with E-state index in [-0.39, 0.29) is 11.5 Å². The van der Waals surface area contributed by atoms with Gasteiger partial charge in [0, 0.05) is 24.6 Å². The van der Waals surface area contributed by atoms with Gasteiger partial charge >= 0.3 is 0 Å². The highest BCUT2D eigenvalue weighted by atomic mass is 16.5. The molecular weight excluding hydrogens is 240 g/mol. The summed E-state index contributed by atoms with van der Waals surface area (Å²) in [4.78, 5) is 4.57. The van der Waals surface area contributed by atoms with Crippen molar-refractivity contribution in [1.82, 2.24) is 4.98 Å². The van der Waals surface area contributed by atoms with Gasteiger partial charge in [0.05, 0.1) is 12.3 Å². The molecular formula is C15H26N2O2. The zero-order chi connectivity index (χ0) is 14.5. The van der Waals surface area contributed by atoms with Crippen molar-refractivity contribution >= 4 is 0 Å². The molecule has 1 heterocycles. The van der Waals surface area contributed by atoms with E-state index >= 15 is 0 Å². The number of aromatic nitrogens is 1. The quantitative estimate of drug-likeness (QED) is 0.860. The summed E-state index contributed by atoms with van der Waals surface area (Å²) in [6, 6.07) is 3.94. The Morgan fingerprint density at radius 2 is 2.00 bits per heavy atom. The van der Waals surface area contributed by atoms with Crippen molar-refractivity contribution in [1.29, 1.82) is 0 Å². The first-order valence-corrected chi connectivity index (χ1v) is 6.82. The maximum atomic E-state index is 5.80. The van der Waals surface area contributed by atoms with E-state index in [2.05, 4.69) is 25.8 Å². The summed E-state index contributed by atoms with van der Waals surface area (Å²) < 4.78 is 11.1. The SMILES string of the molecule is CCOCC(C)Oc1cc(CN)cc(C(C)(C)C)n1. The number of hydrogen-bond acceptors (Lipinski definition) is 4. The predicted molar refractivity (Wildman–Crippen MR) is 77.4 cm³/mol. The van der Waals surface area contributed by atoms with E-state index in [0.29, 0.717) is 25.6 Å². The molecule has 0 fully saturated rings. The number of nitrogens with two attached hydrogens (primary N) is 1. The van der Waals surface area contributed by atoms with Gasteiger partial charge in [-0.15, -0.1) is 0 Å². The molecule has 0 saturated heterocycles. The molecule has 0 amide bonds. The van der Waals surface area contributed by atoms with Crippen LogP contribution in [0, 0.1) is 0 Å². The van der Waals surface area contributed by atoms with Gasteiger partial charge in [0.2, 0.25) is 5.88 Å². The lowest BCUT2D eigenvalue weighted by Gasteiger charge is -2.21. The van der Waals surface area contributed by atoms with Crippen LogP contribution in [0.25, 0.3) is 0 Å². The molecule has 0 spiro atoms. The van der Waals surface area contributed by atoms with Crippen LogP contribution in [-0.4, -0.2) is 24.3 Å². The summed E-state index contributed by atoms with van der Waals surface area (Å²) in [6.45, 7) is 12.1. The minimum Gasteiger partial charge on any atom is -0.472 e. The average Bonchev–Trinajstić information content (AvgIpc) is 2.34. The Morgan fingerprint density at radius 3 is 2.53 bits per heavy atom. The number of hydrogen-bond donors (Lipinski definition) is 1. The van der Waals surface area contributed by atoms with Crippen LogP contribution < -0.4 is 10.5 Å². The first-order chi connectivity index (χ1) is 8.86. The first-order valence-electron chi connectivity index (χ1n) is 6.82. The molecule has 0 aliphatic rings. The second-order valence-corrected chi connectivity index (χ2v) is 5.74. The maximum Gasteiger partial charge on any atom is 0.214 e. The van der Waals surface area contributed by atoms with Gasteiger partial charge in [-0.1, -0.05) is 20.8 Å². The molecule has 0 saturated carbocycles. The fraction of sp³-hybridized carbons (Fsp3) is 0.667. The van der Waals surface area contributed by atoms with Crippen LogP contribution in [0.4, 0.5) is 0 Å². The Balaban J connectivity index is 2.88. The number of nitrogens with zero attached hydrogens (tertiary/aromatic N) is 1. The van der Waals surface area contributed by atoms with Gasteiger partial charge in [-0.3, -0.25) is 0 Å². The Morgan fingerprint density at radius 1 is 1.32 bits per heavy atom. The predicted octanol–water partition coefficient (Wildman–Crippen LogP) is 2.64. The molecule has 0 aromatic carbocycles. The molecule has 1 aromatic heterocycles. The lowest BCUT2D eigenvalue weighted by atomic mass is 9.91. The zero-order valence-corrected chi connectivity index (χ0v) is 12.7. The van der Waals surface area contributed by atoms with Crippen LogP contribution >= 0.6 is 0 Å². The largest absolute Gasteiger partial charge is 0.472 e. The smallest absolute Gasteiger partial charge is 0.214 e. The summed E-state index contributed by atoms with van der Waals surface area (Å²) in [6.07, 6.45) is -0.0201. The molecule has 2 N–H and O–H groups in total. The van der Waals surface area contributed by atoms with Gasteiger partial charge in [-0.2, -0.15) is 0 Å². The highest BCUT2D eigenvalue weighted by Crippen LogP contribution is 2.24. The molecule has 0 aliphatic carbocycles. The van der Waals surface area contributed by atoms with Gasteiger partial charge in [0.15, 0.2) is 0 Å². The standard InChI is InChI=1S/C15H26N2O2/c1-6-18-10-11(2)19-14-8-12(9-16)7-13(17-14)15(3,4)5/h7-8,11H,6,9-10,16H2,1-5H3. The summed E-state index contributed by atoms with van der Waals surface area (Å²) in [7, 11) is 0. The van der Waals surface area contributed by atoms with Gasteiger partial charge in [-0.25, -0.2) is 4.98 Å². The van der Waals surface area contributed by atoms with Crippen LogP contribution in [0.1, 0.15) is 45.9 Å². The summed E-state index contributed by atoms with van der Waals surface area (Å²) in [5.41, 5.74) is 7.75. The Bertz CT molecular complexity index is 400. The third-order valence-electron chi connectivity index (χ3n) is 2.74. The van der Waals surface area contributed by atoms with E-state index in [0.717, 1.165) is 11.3 Å². The topological polar surface area (TPSA) is 57.4 Å². The minimum atomic E-state index is -0.0214. The van der Waals surface area contributed by atoms with Gasteiger partial charge in [0.1, 0.15) is 6.10 Å². The van der Waals surface area contributed by atoms with Crippen molar-refractivity contribution < 1.29 is 9.47 Å². The van der Waals surface area contributed by atoms with Crippen LogP contribution in [0.2, 0.25) is 0 Å². The summed E-state index contributed by atoms with van der Waals surface area (Å²) >= 11 is 0. The highest BCUT2D eigenvalue weighted by molar-refractivity contribution is 5.28. The minimum absolute atomic E-state index is 0.0201. The van der Waals surface area contributed by atoms with E-state index in [1.54, 1.807) is 0 Å². The molecule has 1 rings (SSSR count). The molecule has 1 unspecified atom stereocenters. The molecule has 0 aliphatic heterocycles.